The Hall–Kier alpha value is -1.22. The van der Waals surface area contributed by atoms with Gasteiger partial charge in [0.1, 0.15) is 0 Å². The van der Waals surface area contributed by atoms with Gasteiger partial charge in [-0.3, -0.25) is 4.99 Å². The van der Waals surface area contributed by atoms with Crippen molar-refractivity contribution in [3.63, 3.8) is 0 Å². The summed E-state index contributed by atoms with van der Waals surface area (Å²) in [6, 6.07) is 7.83. The number of guanidine groups is 1. The number of hydrogen-bond acceptors (Lipinski definition) is 3. The number of aliphatic imine (C=N–C) groups is 1. The standard InChI is InChI=1S/C18H27ClN4O2.HI/c1-4-25-18(24)22-16(14-8-9-14)11-21-17(20-2)23(3)12-13-6-5-7-15(19)10-13;/h5-7,10,14,16H,4,8-9,11-12H2,1-3H3,(H,20,21)(H,22,24);1H. The van der Waals surface area contributed by atoms with E-state index in [-0.39, 0.29) is 36.1 Å². The summed E-state index contributed by atoms with van der Waals surface area (Å²) in [7, 11) is 3.73. The van der Waals surface area contributed by atoms with Crippen LogP contribution in [0, 0.1) is 5.92 Å². The molecule has 6 nitrogen and oxygen atoms in total. The van der Waals surface area contributed by atoms with Gasteiger partial charge in [-0.25, -0.2) is 4.79 Å². The minimum Gasteiger partial charge on any atom is -0.450 e. The molecule has 0 radical (unpaired) electrons. The maximum absolute atomic E-state index is 11.7. The highest BCUT2D eigenvalue weighted by atomic mass is 127. The van der Waals surface area contributed by atoms with Gasteiger partial charge in [0.05, 0.1) is 12.6 Å². The Labute approximate surface area is 177 Å². The minimum absolute atomic E-state index is 0. The highest BCUT2D eigenvalue weighted by molar-refractivity contribution is 14.0. The average molecular weight is 495 g/mol. The van der Waals surface area contributed by atoms with Gasteiger partial charge in [0.15, 0.2) is 5.96 Å². The minimum atomic E-state index is -0.358. The first-order chi connectivity index (χ1) is 12.0. The summed E-state index contributed by atoms with van der Waals surface area (Å²) in [6.45, 7) is 3.49. The van der Waals surface area contributed by atoms with E-state index in [1.165, 1.54) is 0 Å². The van der Waals surface area contributed by atoms with Gasteiger partial charge >= 0.3 is 6.09 Å². The molecule has 1 aliphatic rings. The molecule has 2 rings (SSSR count). The van der Waals surface area contributed by atoms with Crippen molar-refractivity contribution in [2.24, 2.45) is 10.9 Å². The molecule has 0 heterocycles. The lowest BCUT2D eigenvalue weighted by atomic mass is 10.2. The molecule has 1 aromatic carbocycles. The zero-order valence-electron chi connectivity index (χ0n) is 15.5. The van der Waals surface area contributed by atoms with E-state index in [0.717, 1.165) is 29.4 Å². The van der Waals surface area contributed by atoms with Gasteiger partial charge in [0.25, 0.3) is 0 Å². The predicted octanol–water partition coefficient (Wildman–Crippen LogP) is 3.49. The number of nitrogens with one attached hydrogen (secondary N) is 2. The fourth-order valence-corrected chi connectivity index (χ4v) is 2.94. The maximum Gasteiger partial charge on any atom is 0.407 e. The topological polar surface area (TPSA) is 66.0 Å². The number of hydrogen-bond donors (Lipinski definition) is 2. The second-order valence-corrected chi connectivity index (χ2v) is 6.66. The van der Waals surface area contributed by atoms with Crippen LogP contribution in [0.5, 0.6) is 0 Å². The number of rotatable bonds is 7. The van der Waals surface area contributed by atoms with Crippen LogP contribution in [-0.4, -0.2) is 50.2 Å². The van der Waals surface area contributed by atoms with Crippen molar-refractivity contribution in [1.29, 1.82) is 0 Å². The Bertz CT molecular complexity index is 611. The van der Waals surface area contributed by atoms with Crippen molar-refractivity contribution in [2.45, 2.75) is 32.4 Å². The highest BCUT2D eigenvalue weighted by Crippen LogP contribution is 2.32. The predicted molar refractivity (Wildman–Crippen MR) is 116 cm³/mol. The quantitative estimate of drug-likeness (QED) is 0.346. The fourth-order valence-electron chi connectivity index (χ4n) is 2.73. The number of carbonyl (C=O) groups is 1. The summed E-state index contributed by atoms with van der Waals surface area (Å²) in [4.78, 5) is 18.0. The van der Waals surface area contributed by atoms with Crippen LogP contribution in [0.15, 0.2) is 29.3 Å². The van der Waals surface area contributed by atoms with E-state index in [1.54, 1.807) is 14.0 Å². The van der Waals surface area contributed by atoms with Crippen molar-refractivity contribution in [1.82, 2.24) is 15.5 Å². The first-order valence-electron chi connectivity index (χ1n) is 8.63. The van der Waals surface area contributed by atoms with Gasteiger partial charge in [0.2, 0.25) is 0 Å². The van der Waals surface area contributed by atoms with Gasteiger partial charge < -0.3 is 20.3 Å². The van der Waals surface area contributed by atoms with E-state index in [4.69, 9.17) is 16.3 Å². The van der Waals surface area contributed by atoms with Gasteiger partial charge in [0, 0.05) is 32.2 Å². The number of nitrogens with zero attached hydrogens (tertiary/aromatic N) is 2. The third-order valence-electron chi connectivity index (χ3n) is 4.13. The lowest BCUT2D eigenvalue weighted by Crippen LogP contribution is -2.48. The summed E-state index contributed by atoms with van der Waals surface area (Å²) in [5, 5.41) is 7.01. The highest BCUT2D eigenvalue weighted by Gasteiger charge is 2.32. The van der Waals surface area contributed by atoms with Gasteiger partial charge in [-0.05, 0) is 43.4 Å². The number of carbonyl (C=O) groups excluding carboxylic acids is 1. The van der Waals surface area contributed by atoms with E-state index in [0.29, 0.717) is 25.6 Å². The van der Waals surface area contributed by atoms with Crippen LogP contribution in [0.2, 0.25) is 5.02 Å². The zero-order chi connectivity index (χ0) is 18.2. The monoisotopic (exact) mass is 494 g/mol. The van der Waals surface area contributed by atoms with Crippen molar-refractivity contribution in [2.75, 3.05) is 27.2 Å². The molecule has 0 saturated heterocycles. The Morgan fingerprint density at radius 3 is 2.77 bits per heavy atom. The summed E-state index contributed by atoms with van der Waals surface area (Å²) < 4.78 is 4.99. The van der Waals surface area contributed by atoms with E-state index in [9.17, 15) is 4.79 Å². The first-order valence-corrected chi connectivity index (χ1v) is 9.00. The van der Waals surface area contributed by atoms with Gasteiger partial charge in [-0.1, -0.05) is 23.7 Å². The van der Waals surface area contributed by atoms with Crippen LogP contribution in [0.25, 0.3) is 0 Å². The SMILES string of the molecule is CCOC(=O)NC(CNC(=NC)N(C)Cc1cccc(Cl)c1)C1CC1.I. The average Bonchev–Trinajstić information content (AvgIpc) is 3.39. The third kappa shape index (κ3) is 7.57. The molecule has 0 bridgehead atoms. The number of ether oxygens (including phenoxy) is 1. The normalized spacial score (nSPS) is 14.8. The molecule has 1 amide bonds. The maximum atomic E-state index is 11.7. The van der Waals surface area contributed by atoms with Crippen molar-refractivity contribution in [3.8, 4) is 0 Å². The number of alkyl carbamates (subject to hydrolysis) is 1. The first kappa shape index (κ1) is 22.8. The molecule has 1 saturated carbocycles. The molecule has 146 valence electrons. The lowest BCUT2D eigenvalue weighted by Gasteiger charge is -2.25. The van der Waals surface area contributed by atoms with Crippen LogP contribution < -0.4 is 10.6 Å². The molecule has 2 N–H and O–H groups in total. The van der Waals surface area contributed by atoms with E-state index >= 15 is 0 Å². The van der Waals surface area contributed by atoms with E-state index in [1.807, 2.05) is 36.2 Å². The molecule has 0 spiro atoms. The van der Waals surface area contributed by atoms with Crippen LogP contribution in [0.3, 0.4) is 0 Å². The van der Waals surface area contributed by atoms with Crippen LogP contribution in [0.4, 0.5) is 4.79 Å². The second-order valence-electron chi connectivity index (χ2n) is 6.22. The van der Waals surface area contributed by atoms with E-state index in [2.05, 4.69) is 15.6 Å². The fraction of sp³-hybridized carbons (Fsp3) is 0.556. The summed E-state index contributed by atoms with van der Waals surface area (Å²) in [5.74, 6) is 1.28. The lowest BCUT2D eigenvalue weighted by molar-refractivity contribution is 0.146. The molecular weight excluding hydrogens is 467 g/mol. The molecular formula is C18H28ClIN4O2. The summed E-state index contributed by atoms with van der Waals surface area (Å²) in [6.07, 6.45) is 1.91. The van der Waals surface area contributed by atoms with Gasteiger partial charge in [-0.2, -0.15) is 0 Å². The molecule has 0 aromatic heterocycles. The van der Waals surface area contributed by atoms with Crippen LogP contribution >= 0.6 is 35.6 Å². The van der Waals surface area contributed by atoms with Crippen molar-refractivity contribution < 1.29 is 9.53 Å². The summed E-state index contributed by atoms with van der Waals surface area (Å²) >= 11 is 6.04. The smallest absolute Gasteiger partial charge is 0.407 e. The molecule has 1 aromatic rings. The van der Waals surface area contributed by atoms with Crippen molar-refractivity contribution in [3.05, 3.63) is 34.9 Å². The molecule has 26 heavy (non-hydrogen) atoms. The number of amides is 1. The molecule has 0 aliphatic heterocycles. The molecule has 1 aliphatic carbocycles. The Morgan fingerprint density at radius 2 is 2.19 bits per heavy atom. The molecule has 1 fully saturated rings. The summed E-state index contributed by atoms with van der Waals surface area (Å²) in [5.41, 5.74) is 1.11. The molecule has 1 unspecified atom stereocenters. The number of halogens is 2. The second kappa shape index (κ2) is 11.5. The molecule has 1 atom stereocenters. The van der Waals surface area contributed by atoms with Crippen molar-refractivity contribution >= 4 is 47.6 Å². The third-order valence-corrected chi connectivity index (χ3v) is 4.37. The Kier molecular flexibility index (Phi) is 10.1. The van der Waals surface area contributed by atoms with Gasteiger partial charge in [-0.15, -0.1) is 24.0 Å². The van der Waals surface area contributed by atoms with Crippen LogP contribution in [-0.2, 0) is 11.3 Å². The molecule has 8 heteroatoms. The Balaban J connectivity index is 0.00000338. The van der Waals surface area contributed by atoms with E-state index < -0.39 is 0 Å². The van der Waals surface area contributed by atoms with Crippen LogP contribution in [0.1, 0.15) is 25.3 Å². The zero-order valence-corrected chi connectivity index (χ0v) is 18.6. The Morgan fingerprint density at radius 1 is 1.46 bits per heavy atom. The number of benzene rings is 1. The largest absolute Gasteiger partial charge is 0.450 e.